The van der Waals surface area contributed by atoms with Crippen LogP contribution in [0.15, 0.2) is 29.2 Å². The number of hydrogen-bond acceptors (Lipinski definition) is 3. The molecular formula is C15H24N2O3S. The molecule has 6 heteroatoms. The van der Waals surface area contributed by atoms with Crippen LogP contribution in [0.1, 0.15) is 45.1 Å². The van der Waals surface area contributed by atoms with E-state index in [1.807, 2.05) is 13.8 Å². The van der Waals surface area contributed by atoms with Crippen molar-refractivity contribution < 1.29 is 13.2 Å². The molecule has 0 aromatic heterocycles. The van der Waals surface area contributed by atoms with E-state index in [1.165, 1.54) is 6.07 Å². The molecule has 0 radical (unpaired) electrons. The van der Waals surface area contributed by atoms with E-state index in [2.05, 4.69) is 10.0 Å². The van der Waals surface area contributed by atoms with Crippen LogP contribution >= 0.6 is 0 Å². The van der Waals surface area contributed by atoms with Crippen molar-refractivity contribution in [3.05, 3.63) is 29.8 Å². The fourth-order valence-electron chi connectivity index (χ4n) is 2.24. The van der Waals surface area contributed by atoms with E-state index in [4.69, 9.17) is 0 Å². The maximum atomic E-state index is 12.2. The predicted octanol–water partition coefficient (Wildman–Crippen LogP) is 2.95. The number of sulfonamides is 1. The predicted molar refractivity (Wildman–Crippen MR) is 83.6 cm³/mol. The minimum absolute atomic E-state index is 0.00655. The van der Waals surface area contributed by atoms with E-state index in [0.717, 1.165) is 25.7 Å². The third kappa shape index (κ3) is 5.38. The molecule has 0 bridgehead atoms. The van der Waals surface area contributed by atoms with Gasteiger partial charge in [-0.15, -0.1) is 0 Å². The van der Waals surface area contributed by atoms with Gasteiger partial charge in [-0.3, -0.25) is 0 Å². The highest BCUT2D eigenvalue weighted by Gasteiger charge is 2.20. The Morgan fingerprint density at radius 1 is 1.14 bits per heavy atom. The first-order chi connectivity index (χ1) is 9.90. The molecule has 118 valence electrons. The second-order valence-electron chi connectivity index (χ2n) is 5.12. The van der Waals surface area contributed by atoms with E-state index < -0.39 is 16.1 Å². The number of rotatable bonds is 7. The van der Waals surface area contributed by atoms with E-state index in [-0.39, 0.29) is 10.9 Å². The maximum absolute atomic E-state index is 12.2. The maximum Gasteiger partial charge on any atom is 0.328 e. The number of hydrogen-bond donors (Lipinski definition) is 2. The first-order valence-corrected chi connectivity index (χ1v) is 8.78. The Labute approximate surface area is 127 Å². The van der Waals surface area contributed by atoms with Crippen LogP contribution in [0.2, 0.25) is 0 Å². The lowest BCUT2D eigenvalue weighted by Gasteiger charge is -2.18. The highest BCUT2D eigenvalue weighted by atomic mass is 32.2. The molecule has 0 fully saturated rings. The van der Waals surface area contributed by atoms with Gasteiger partial charge in [-0.25, -0.2) is 17.9 Å². The van der Waals surface area contributed by atoms with Gasteiger partial charge < -0.3 is 5.32 Å². The highest BCUT2D eigenvalue weighted by molar-refractivity contribution is 7.90. The summed E-state index contributed by atoms with van der Waals surface area (Å²) in [6.07, 6.45) is 3.56. The van der Waals surface area contributed by atoms with Gasteiger partial charge >= 0.3 is 6.03 Å². The molecule has 2 N–H and O–H groups in total. The van der Waals surface area contributed by atoms with Crippen molar-refractivity contribution in [2.24, 2.45) is 0 Å². The summed E-state index contributed by atoms with van der Waals surface area (Å²) in [5, 5.41) is 2.73. The Morgan fingerprint density at radius 3 is 2.24 bits per heavy atom. The molecule has 2 amide bonds. The van der Waals surface area contributed by atoms with Gasteiger partial charge in [0.1, 0.15) is 0 Å². The van der Waals surface area contributed by atoms with Crippen LogP contribution < -0.4 is 10.0 Å². The summed E-state index contributed by atoms with van der Waals surface area (Å²) in [4.78, 5) is 12.0. The summed E-state index contributed by atoms with van der Waals surface area (Å²) in [5.41, 5.74) is 0.608. The largest absolute Gasteiger partial charge is 0.335 e. The Hall–Kier alpha value is -1.56. The lowest BCUT2D eigenvalue weighted by Crippen LogP contribution is -2.44. The average molecular weight is 312 g/mol. The third-order valence-electron chi connectivity index (χ3n) is 3.22. The number of carbonyl (C=O) groups excluding carboxylic acids is 1. The van der Waals surface area contributed by atoms with Crippen molar-refractivity contribution >= 4 is 16.1 Å². The summed E-state index contributed by atoms with van der Waals surface area (Å²) < 4.78 is 26.5. The summed E-state index contributed by atoms with van der Waals surface area (Å²) in [7, 11) is -3.83. The molecule has 21 heavy (non-hydrogen) atoms. The number of nitrogens with one attached hydrogen (secondary N) is 2. The van der Waals surface area contributed by atoms with Gasteiger partial charge in [0.15, 0.2) is 0 Å². The van der Waals surface area contributed by atoms with E-state index >= 15 is 0 Å². The summed E-state index contributed by atoms with van der Waals surface area (Å²) in [5.74, 6) is 0. The van der Waals surface area contributed by atoms with Crippen LogP contribution in [-0.4, -0.2) is 20.5 Å². The van der Waals surface area contributed by atoms with E-state index in [1.54, 1.807) is 25.1 Å². The number of aryl methyl sites for hydroxylation is 1. The van der Waals surface area contributed by atoms with Crippen molar-refractivity contribution in [3.8, 4) is 0 Å². The normalized spacial score (nSPS) is 11.4. The summed E-state index contributed by atoms with van der Waals surface area (Å²) >= 11 is 0. The molecule has 1 aromatic carbocycles. The second kappa shape index (κ2) is 8.02. The van der Waals surface area contributed by atoms with Crippen LogP contribution in [0.3, 0.4) is 0 Å². The minimum atomic E-state index is -3.83. The van der Waals surface area contributed by atoms with Crippen LogP contribution in [0.5, 0.6) is 0 Å². The topological polar surface area (TPSA) is 75.3 Å². The van der Waals surface area contributed by atoms with Gasteiger partial charge in [0.05, 0.1) is 4.90 Å². The Morgan fingerprint density at radius 2 is 1.71 bits per heavy atom. The smallest absolute Gasteiger partial charge is 0.328 e. The summed E-state index contributed by atoms with van der Waals surface area (Å²) in [6, 6.07) is 5.92. The summed E-state index contributed by atoms with van der Waals surface area (Å²) in [6.45, 7) is 5.77. The third-order valence-corrected chi connectivity index (χ3v) is 4.71. The molecule has 5 nitrogen and oxygen atoms in total. The second-order valence-corrected chi connectivity index (χ2v) is 6.77. The molecule has 0 saturated carbocycles. The van der Waals surface area contributed by atoms with Crippen LogP contribution in [0, 0.1) is 6.92 Å². The van der Waals surface area contributed by atoms with Crippen molar-refractivity contribution in [2.45, 2.75) is 57.4 Å². The first kappa shape index (κ1) is 17.5. The Balaban J connectivity index is 2.75. The van der Waals surface area contributed by atoms with Gasteiger partial charge in [0.2, 0.25) is 0 Å². The number of amides is 2. The van der Waals surface area contributed by atoms with Crippen molar-refractivity contribution in [3.63, 3.8) is 0 Å². The first-order valence-electron chi connectivity index (χ1n) is 7.29. The van der Waals surface area contributed by atoms with Gasteiger partial charge in [-0.2, -0.15) is 0 Å². The molecule has 0 aliphatic rings. The fraction of sp³-hybridized carbons (Fsp3) is 0.533. The van der Waals surface area contributed by atoms with E-state index in [0.29, 0.717) is 5.56 Å². The average Bonchev–Trinajstić information content (AvgIpc) is 2.38. The lowest BCUT2D eigenvalue weighted by atomic mass is 10.1. The van der Waals surface area contributed by atoms with Crippen molar-refractivity contribution in [1.82, 2.24) is 10.0 Å². The van der Waals surface area contributed by atoms with Crippen LogP contribution in [0.4, 0.5) is 4.79 Å². The quantitative estimate of drug-likeness (QED) is 0.813. The SMILES string of the molecule is CCCC(CCC)NC(=O)NS(=O)(=O)c1ccccc1C. The van der Waals surface area contributed by atoms with Crippen molar-refractivity contribution in [2.75, 3.05) is 0 Å². The Kier molecular flexibility index (Phi) is 6.68. The fourth-order valence-corrected chi connectivity index (χ4v) is 3.40. The standard InChI is InChI=1S/C15H24N2O3S/c1-4-8-13(9-5-2)16-15(18)17-21(19,20)14-11-7-6-10-12(14)3/h6-7,10-11,13H,4-5,8-9H2,1-3H3,(H2,16,17,18). The van der Waals surface area contributed by atoms with Crippen LogP contribution in [-0.2, 0) is 10.0 Å². The van der Waals surface area contributed by atoms with Crippen LogP contribution in [0.25, 0.3) is 0 Å². The van der Waals surface area contributed by atoms with E-state index in [9.17, 15) is 13.2 Å². The molecule has 0 unspecified atom stereocenters. The zero-order valence-corrected chi connectivity index (χ0v) is 13.7. The minimum Gasteiger partial charge on any atom is -0.335 e. The molecule has 0 saturated heterocycles. The molecule has 0 aliphatic heterocycles. The molecule has 1 aromatic rings. The van der Waals surface area contributed by atoms with Gasteiger partial charge in [-0.05, 0) is 31.4 Å². The van der Waals surface area contributed by atoms with Gasteiger partial charge in [0.25, 0.3) is 10.0 Å². The monoisotopic (exact) mass is 312 g/mol. The number of urea groups is 1. The van der Waals surface area contributed by atoms with Gasteiger partial charge in [-0.1, -0.05) is 44.9 Å². The lowest BCUT2D eigenvalue weighted by molar-refractivity contribution is 0.240. The zero-order chi connectivity index (χ0) is 15.9. The molecule has 0 spiro atoms. The molecular weight excluding hydrogens is 288 g/mol. The molecule has 0 heterocycles. The highest BCUT2D eigenvalue weighted by Crippen LogP contribution is 2.13. The molecule has 0 atom stereocenters. The molecule has 1 rings (SSSR count). The zero-order valence-electron chi connectivity index (χ0n) is 12.8. The Bertz CT molecular complexity index is 564. The van der Waals surface area contributed by atoms with Crippen molar-refractivity contribution in [1.29, 1.82) is 0 Å². The molecule has 0 aliphatic carbocycles. The number of carbonyl (C=O) groups is 1. The number of benzene rings is 1. The van der Waals surface area contributed by atoms with Gasteiger partial charge in [0, 0.05) is 6.04 Å².